The number of imide groups is 1. The lowest BCUT2D eigenvalue weighted by Crippen LogP contribution is -3.16. The van der Waals surface area contributed by atoms with Gasteiger partial charge in [-0.05, 0) is 50.3 Å². The Hall–Kier alpha value is -1.79. The minimum Gasteiger partial charge on any atom is -0.360 e. The zero-order valence-electron chi connectivity index (χ0n) is 15.3. The van der Waals surface area contributed by atoms with E-state index in [2.05, 4.69) is 17.1 Å². The second-order valence-electron chi connectivity index (χ2n) is 7.97. The summed E-state index contributed by atoms with van der Waals surface area (Å²) in [4.78, 5) is 30.1. The lowest BCUT2D eigenvalue weighted by atomic mass is 9.96. The molecule has 7 heteroatoms. The number of aryl methyl sites for hydroxylation is 1. The Balaban J connectivity index is 1.37. The molecular weight excluding hydrogens is 352 g/mol. The molecule has 1 saturated carbocycles. The Morgan fingerprint density at radius 1 is 1.27 bits per heavy atom. The van der Waals surface area contributed by atoms with Gasteiger partial charge in [0.15, 0.2) is 6.67 Å². The zero-order chi connectivity index (χ0) is 18.5. The summed E-state index contributed by atoms with van der Waals surface area (Å²) in [5, 5.41) is 3.68. The normalized spacial score (nSPS) is 27.2. The molecule has 140 valence electrons. The van der Waals surface area contributed by atoms with Crippen LogP contribution in [0.15, 0.2) is 18.2 Å². The molecule has 26 heavy (non-hydrogen) atoms. The van der Waals surface area contributed by atoms with E-state index >= 15 is 0 Å². The molecule has 2 saturated heterocycles. The third kappa shape index (κ3) is 3.05. The fraction of sp³-hybridized carbons (Fsp3) is 0.579. The highest BCUT2D eigenvalue weighted by Gasteiger charge is 2.56. The van der Waals surface area contributed by atoms with Gasteiger partial charge in [0.1, 0.15) is 5.54 Å². The van der Waals surface area contributed by atoms with E-state index in [1.807, 2.05) is 25.1 Å². The fourth-order valence-corrected chi connectivity index (χ4v) is 4.33. The van der Waals surface area contributed by atoms with Gasteiger partial charge in [-0.1, -0.05) is 17.7 Å². The summed E-state index contributed by atoms with van der Waals surface area (Å²) < 4.78 is 0. The van der Waals surface area contributed by atoms with Crippen molar-refractivity contribution in [2.24, 2.45) is 5.92 Å². The lowest BCUT2D eigenvalue weighted by molar-refractivity contribution is -0.907. The number of nitrogens with zero attached hydrogens (tertiary/aromatic N) is 2. The number of rotatable bonds is 4. The van der Waals surface area contributed by atoms with Gasteiger partial charge in [0.05, 0.1) is 26.2 Å². The molecule has 0 spiro atoms. The van der Waals surface area contributed by atoms with E-state index < -0.39 is 5.54 Å². The van der Waals surface area contributed by atoms with Crippen molar-refractivity contribution in [1.82, 2.24) is 10.2 Å². The van der Waals surface area contributed by atoms with Crippen LogP contribution in [0.5, 0.6) is 0 Å². The second kappa shape index (κ2) is 6.43. The van der Waals surface area contributed by atoms with Gasteiger partial charge >= 0.3 is 6.03 Å². The molecule has 0 bridgehead atoms. The fourth-order valence-electron chi connectivity index (χ4n) is 4.17. The molecule has 0 aromatic heterocycles. The van der Waals surface area contributed by atoms with Crippen LogP contribution in [0.4, 0.5) is 10.5 Å². The Labute approximate surface area is 159 Å². The first-order chi connectivity index (χ1) is 12.4. The number of nitrogens with one attached hydrogen (secondary N) is 2. The number of quaternary nitrogens is 1. The number of amides is 3. The number of anilines is 1. The molecule has 0 unspecified atom stereocenters. The van der Waals surface area contributed by atoms with Crippen LogP contribution < -0.4 is 15.1 Å². The van der Waals surface area contributed by atoms with Crippen LogP contribution in [0, 0.1) is 12.8 Å². The van der Waals surface area contributed by atoms with Crippen molar-refractivity contribution < 1.29 is 14.5 Å². The quantitative estimate of drug-likeness (QED) is 0.771. The van der Waals surface area contributed by atoms with E-state index in [9.17, 15) is 9.59 Å². The monoisotopic (exact) mass is 377 g/mol. The minimum absolute atomic E-state index is 0.0504. The average Bonchev–Trinajstić information content (AvgIpc) is 3.44. The maximum Gasteiger partial charge on any atom is 0.329 e. The highest BCUT2D eigenvalue weighted by atomic mass is 35.5. The number of piperazine rings is 1. The summed E-state index contributed by atoms with van der Waals surface area (Å²) in [5.41, 5.74) is 1.70. The smallest absolute Gasteiger partial charge is 0.329 e. The first-order valence-corrected chi connectivity index (χ1v) is 9.75. The predicted molar refractivity (Wildman–Crippen MR) is 100 cm³/mol. The van der Waals surface area contributed by atoms with Crippen molar-refractivity contribution in [2.45, 2.75) is 32.2 Å². The molecule has 1 atom stereocenters. The zero-order valence-corrected chi connectivity index (χ0v) is 16.1. The molecule has 1 aliphatic carbocycles. The van der Waals surface area contributed by atoms with Crippen LogP contribution in [0.3, 0.4) is 0 Å². The van der Waals surface area contributed by atoms with Gasteiger partial charge in [-0.2, -0.15) is 0 Å². The number of benzene rings is 1. The number of halogens is 1. The maximum atomic E-state index is 12.8. The third-order valence-electron chi connectivity index (χ3n) is 6.06. The summed E-state index contributed by atoms with van der Waals surface area (Å²) in [6.07, 6.45) is 2.06. The van der Waals surface area contributed by atoms with Gasteiger partial charge in [-0.25, -0.2) is 9.69 Å². The Kier molecular flexibility index (Phi) is 4.35. The molecule has 3 amide bonds. The van der Waals surface area contributed by atoms with Gasteiger partial charge in [0.2, 0.25) is 0 Å². The molecule has 4 rings (SSSR count). The van der Waals surface area contributed by atoms with Gasteiger partial charge in [0, 0.05) is 10.7 Å². The van der Waals surface area contributed by atoms with Crippen molar-refractivity contribution in [1.29, 1.82) is 0 Å². The number of carbonyl (C=O) groups is 2. The van der Waals surface area contributed by atoms with Gasteiger partial charge < -0.3 is 15.1 Å². The highest BCUT2D eigenvalue weighted by Crippen LogP contribution is 2.42. The van der Waals surface area contributed by atoms with E-state index in [1.54, 1.807) is 0 Å². The van der Waals surface area contributed by atoms with E-state index in [1.165, 1.54) is 21.1 Å². The van der Waals surface area contributed by atoms with Gasteiger partial charge in [0.25, 0.3) is 5.91 Å². The maximum absolute atomic E-state index is 12.8. The molecule has 2 N–H and O–H groups in total. The topological polar surface area (TPSA) is 57.1 Å². The first-order valence-electron chi connectivity index (χ1n) is 9.37. The standard InChI is InChI=1S/C19H25ClN4O2/c1-13-3-6-15(20)11-16(13)23-9-7-22(8-10-23)12-24-17(25)19(2,14-4-5-14)21-18(24)26/h3,6,11,14H,4-5,7-10,12H2,1-2H3,(H,21,26)/p+1/t19-/m1/s1. The largest absolute Gasteiger partial charge is 0.360 e. The van der Waals surface area contributed by atoms with Crippen LogP contribution in [0.2, 0.25) is 5.02 Å². The Morgan fingerprint density at radius 2 is 1.96 bits per heavy atom. The Bertz CT molecular complexity index is 743. The molecule has 6 nitrogen and oxygen atoms in total. The van der Waals surface area contributed by atoms with Crippen molar-refractivity contribution >= 4 is 29.2 Å². The first kappa shape index (κ1) is 17.6. The van der Waals surface area contributed by atoms with Crippen molar-refractivity contribution in [3.63, 3.8) is 0 Å². The second-order valence-corrected chi connectivity index (χ2v) is 8.40. The molecule has 1 aromatic carbocycles. The minimum atomic E-state index is -0.684. The summed E-state index contributed by atoms with van der Waals surface area (Å²) in [6.45, 7) is 7.98. The molecule has 3 aliphatic rings. The lowest BCUT2D eigenvalue weighted by Gasteiger charge is -2.35. The molecule has 2 aliphatic heterocycles. The summed E-state index contributed by atoms with van der Waals surface area (Å²) in [6, 6.07) is 5.74. The van der Waals surface area contributed by atoms with Crippen molar-refractivity contribution in [2.75, 3.05) is 37.7 Å². The number of hydrogen-bond acceptors (Lipinski definition) is 3. The summed E-state index contributed by atoms with van der Waals surface area (Å²) in [7, 11) is 0. The van der Waals surface area contributed by atoms with Gasteiger partial charge in [-0.15, -0.1) is 0 Å². The van der Waals surface area contributed by atoms with Crippen LogP contribution >= 0.6 is 11.6 Å². The average molecular weight is 378 g/mol. The highest BCUT2D eigenvalue weighted by molar-refractivity contribution is 6.30. The van der Waals surface area contributed by atoms with Crippen LogP contribution in [-0.4, -0.2) is 55.2 Å². The number of carbonyl (C=O) groups excluding carboxylic acids is 2. The molecule has 1 aromatic rings. The SMILES string of the molecule is Cc1ccc(Cl)cc1N1CC[NH+](CN2C(=O)N[C@](C)(C3CC3)C2=O)CC1. The number of urea groups is 1. The van der Waals surface area contributed by atoms with Crippen LogP contribution in [0.1, 0.15) is 25.3 Å². The van der Waals surface area contributed by atoms with Gasteiger partial charge in [-0.3, -0.25) is 4.79 Å². The third-order valence-corrected chi connectivity index (χ3v) is 6.29. The van der Waals surface area contributed by atoms with E-state index in [-0.39, 0.29) is 11.9 Å². The predicted octanol–water partition coefficient (Wildman–Crippen LogP) is 1.03. The Morgan fingerprint density at radius 3 is 2.62 bits per heavy atom. The number of hydrogen-bond donors (Lipinski definition) is 2. The van der Waals surface area contributed by atoms with Crippen molar-refractivity contribution in [3.05, 3.63) is 28.8 Å². The van der Waals surface area contributed by atoms with Crippen LogP contribution in [-0.2, 0) is 4.79 Å². The van der Waals surface area contributed by atoms with E-state index in [0.29, 0.717) is 12.6 Å². The van der Waals surface area contributed by atoms with Crippen LogP contribution in [0.25, 0.3) is 0 Å². The molecule has 0 radical (unpaired) electrons. The van der Waals surface area contributed by atoms with Crippen molar-refractivity contribution in [3.8, 4) is 0 Å². The summed E-state index contributed by atoms with van der Waals surface area (Å²) in [5.74, 6) is 0.257. The van der Waals surface area contributed by atoms with E-state index in [0.717, 1.165) is 44.0 Å². The summed E-state index contributed by atoms with van der Waals surface area (Å²) >= 11 is 6.15. The van der Waals surface area contributed by atoms with E-state index in [4.69, 9.17) is 11.6 Å². The molecule has 2 heterocycles. The molecule has 3 fully saturated rings. The molecular formula is C19H26ClN4O2+.